The van der Waals surface area contributed by atoms with Crippen LogP contribution in [0.5, 0.6) is 17.2 Å². The van der Waals surface area contributed by atoms with Crippen molar-refractivity contribution < 1.29 is 18.9 Å². The molecule has 3 aromatic rings. The Bertz CT molecular complexity index is 941. The SMILES string of the molecule is COc1cc(-c2nc3cnccn3c2NCC2CCCO2)cc(OC)c1OC. The predicted molar refractivity (Wildman–Crippen MR) is 106 cm³/mol. The second-order valence-corrected chi connectivity index (χ2v) is 6.54. The van der Waals surface area contributed by atoms with Gasteiger partial charge in [0.25, 0.3) is 0 Å². The lowest BCUT2D eigenvalue weighted by Gasteiger charge is -2.15. The molecule has 1 aliphatic heterocycles. The van der Waals surface area contributed by atoms with Crippen molar-refractivity contribution in [2.45, 2.75) is 18.9 Å². The highest BCUT2D eigenvalue weighted by molar-refractivity contribution is 5.79. The highest BCUT2D eigenvalue weighted by Crippen LogP contribution is 2.42. The topological polar surface area (TPSA) is 79.1 Å². The van der Waals surface area contributed by atoms with Crippen molar-refractivity contribution >= 4 is 11.5 Å². The molecule has 2 aromatic heterocycles. The maximum atomic E-state index is 5.75. The molecular weight excluding hydrogens is 360 g/mol. The summed E-state index contributed by atoms with van der Waals surface area (Å²) < 4.78 is 24.2. The summed E-state index contributed by atoms with van der Waals surface area (Å²) in [6.45, 7) is 1.54. The highest BCUT2D eigenvalue weighted by atomic mass is 16.5. The Morgan fingerprint density at radius 3 is 2.61 bits per heavy atom. The molecule has 28 heavy (non-hydrogen) atoms. The van der Waals surface area contributed by atoms with Crippen LogP contribution in [-0.2, 0) is 4.74 Å². The lowest BCUT2D eigenvalue weighted by molar-refractivity contribution is 0.120. The minimum Gasteiger partial charge on any atom is -0.493 e. The molecule has 1 atom stereocenters. The van der Waals surface area contributed by atoms with Gasteiger partial charge in [0, 0.05) is 31.1 Å². The van der Waals surface area contributed by atoms with Crippen LogP contribution in [0.3, 0.4) is 0 Å². The fraction of sp³-hybridized carbons (Fsp3) is 0.400. The van der Waals surface area contributed by atoms with E-state index in [4.69, 9.17) is 23.9 Å². The van der Waals surface area contributed by atoms with Crippen LogP contribution < -0.4 is 19.5 Å². The third kappa shape index (κ3) is 3.31. The zero-order chi connectivity index (χ0) is 19.5. The van der Waals surface area contributed by atoms with Crippen LogP contribution in [0.25, 0.3) is 16.9 Å². The number of benzene rings is 1. The molecule has 0 spiro atoms. The Morgan fingerprint density at radius 1 is 1.18 bits per heavy atom. The molecule has 3 heterocycles. The monoisotopic (exact) mass is 384 g/mol. The summed E-state index contributed by atoms with van der Waals surface area (Å²) in [6, 6.07) is 3.79. The Labute approximate surface area is 163 Å². The van der Waals surface area contributed by atoms with E-state index in [0.29, 0.717) is 23.8 Å². The summed E-state index contributed by atoms with van der Waals surface area (Å²) in [5.41, 5.74) is 2.39. The second kappa shape index (κ2) is 7.93. The Kier molecular flexibility index (Phi) is 5.21. The van der Waals surface area contributed by atoms with Crippen LogP contribution in [0, 0.1) is 0 Å². The van der Waals surface area contributed by atoms with E-state index < -0.39 is 0 Å². The first-order valence-corrected chi connectivity index (χ1v) is 9.23. The number of aromatic nitrogens is 3. The van der Waals surface area contributed by atoms with Crippen molar-refractivity contribution in [3.63, 3.8) is 0 Å². The number of hydrogen-bond donors (Lipinski definition) is 1. The van der Waals surface area contributed by atoms with Crippen LogP contribution in [0.2, 0.25) is 0 Å². The van der Waals surface area contributed by atoms with E-state index in [1.807, 2.05) is 22.7 Å². The molecule has 0 amide bonds. The fourth-order valence-corrected chi connectivity index (χ4v) is 3.51. The molecule has 1 N–H and O–H groups in total. The van der Waals surface area contributed by atoms with Gasteiger partial charge in [0.2, 0.25) is 5.75 Å². The Balaban J connectivity index is 1.80. The van der Waals surface area contributed by atoms with Gasteiger partial charge in [0.15, 0.2) is 17.1 Å². The Morgan fingerprint density at radius 2 is 1.96 bits per heavy atom. The number of nitrogens with one attached hydrogen (secondary N) is 1. The van der Waals surface area contributed by atoms with E-state index in [2.05, 4.69) is 10.3 Å². The largest absolute Gasteiger partial charge is 0.493 e. The molecule has 0 radical (unpaired) electrons. The Hall–Kier alpha value is -3.00. The summed E-state index contributed by atoms with van der Waals surface area (Å²) >= 11 is 0. The van der Waals surface area contributed by atoms with Gasteiger partial charge in [0.05, 0.1) is 33.6 Å². The van der Waals surface area contributed by atoms with Crippen molar-refractivity contribution in [3.05, 3.63) is 30.7 Å². The van der Waals surface area contributed by atoms with E-state index in [1.54, 1.807) is 33.7 Å². The number of rotatable bonds is 7. The van der Waals surface area contributed by atoms with Gasteiger partial charge in [-0.15, -0.1) is 0 Å². The van der Waals surface area contributed by atoms with E-state index >= 15 is 0 Å². The van der Waals surface area contributed by atoms with Crippen LogP contribution in [0.4, 0.5) is 5.82 Å². The minimum absolute atomic E-state index is 0.208. The first kappa shape index (κ1) is 18.4. The molecule has 0 bridgehead atoms. The maximum Gasteiger partial charge on any atom is 0.203 e. The van der Waals surface area contributed by atoms with Crippen molar-refractivity contribution in [2.75, 3.05) is 39.8 Å². The summed E-state index contributed by atoms with van der Waals surface area (Å²) in [6.07, 6.45) is 7.74. The van der Waals surface area contributed by atoms with Gasteiger partial charge in [-0.2, -0.15) is 0 Å². The van der Waals surface area contributed by atoms with Gasteiger partial charge in [-0.1, -0.05) is 0 Å². The number of methoxy groups -OCH3 is 3. The van der Waals surface area contributed by atoms with E-state index in [1.165, 1.54) is 0 Å². The van der Waals surface area contributed by atoms with Gasteiger partial charge in [-0.3, -0.25) is 9.38 Å². The average Bonchev–Trinajstić information content (AvgIpc) is 3.38. The third-order valence-electron chi connectivity index (χ3n) is 4.89. The number of ether oxygens (including phenoxy) is 4. The van der Waals surface area contributed by atoms with Gasteiger partial charge in [0.1, 0.15) is 11.5 Å². The first-order chi connectivity index (χ1) is 13.7. The van der Waals surface area contributed by atoms with Crippen molar-refractivity contribution in [1.82, 2.24) is 14.4 Å². The molecule has 1 fully saturated rings. The summed E-state index contributed by atoms with van der Waals surface area (Å²) in [5.74, 6) is 2.59. The molecule has 4 rings (SSSR count). The van der Waals surface area contributed by atoms with Crippen LogP contribution in [0.1, 0.15) is 12.8 Å². The fourth-order valence-electron chi connectivity index (χ4n) is 3.51. The molecule has 1 aromatic carbocycles. The smallest absolute Gasteiger partial charge is 0.203 e. The number of hydrogen-bond acceptors (Lipinski definition) is 7. The normalized spacial score (nSPS) is 16.3. The maximum absolute atomic E-state index is 5.75. The number of nitrogens with zero attached hydrogens (tertiary/aromatic N) is 3. The number of anilines is 1. The van der Waals surface area contributed by atoms with E-state index in [-0.39, 0.29) is 6.10 Å². The van der Waals surface area contributed by atoms with E-state index in [0.717, 1.165) is 42.2 Å². The molecule has 8 heteroatoms. The van der Waals surface area contributed by atoms with Gasteiger partial charge in [-0.05, 0) is 25.0 Å². The molecule has 148 valence electrons. The number of imidazole rings is 1. The summed E-state index contributed by atoms with van der Waals surface area (Å²) in [5, 5.41) is 3.52. The van der Waals surface area contributed by atoms with Crippen molar-refractivity contribution in [3.8, 4) is 28.5 Å². The highest BCUT2D eigenvalue weighted by Gasteiger charge is 2.21. The zero-order valence-electron chi connectivity index (χ0n) is 16.3. The van der Waals surface area contributed by atoms with Crippen LogP contribution in [-0.4, -0.2) is 55.0 Å². The zero-order valence-corrected chi connectivity index (χ0v) is 16.3. The lowest BCUT2D eigenvalue weighted by Crippen LogP contribution is -2.19. The number of fused-ring (bicyclic) bond motifs is 1. The van der Waals surface area contributed by atoms with Gasteiger partial charge >= 0.3 is 0 Å². The third-order valence-corrected chi connectivity index (χ3v) is 4.89. The first-order valence-electron chi connectivity index (χ1n) is 9.23. The minimum atomic E-state index is 0.208. The van der Waals surface area contributed by atoms with Crippen LogP contribution in [0.15, 0.2) is 30.7 Å². The van der Waals surface area contributed by atoms with Crippen LogP contribution >= 0.6 is 0 Å². The average molecular weight is 384 g/mol. The molecule has 1 saturated heterocycles. The molecular formula is C20H24N4O4. The van der Waals surface area contributed by atoms with E-state index in [9.17, 15) is 0 Å². The molecule has 1 aliphatic rings. The quantitative estimate of drug-likeness (QED) is 0.671. The molecule has 1 unspecified atom stereocenters. The summed E-state index contributed by atoms with van der Waals surface area (Å²) in [7, 11) is 4.79. The molecule has 8 nitrogen and oxygen atoms in total. The molecule has 0 aliphatic carbocycles. The molecule has 0 saturated carbocycles. The van der Waals surface area contributed by atoms with Gasteiger partial charge < -0.3 is 24.3 Å². The lowest BCUT2D eigenvalue weighted by atomic mass is 10.1. The standard InChI is InChI=1S/C20H24N4O4/c1-25-15-9-13(10-16(26-2)19(15)27-3)18-20(22-11-14-5-4-8-28-14)24-7-6-21-12-17(24)23-18/h6-7,9-10,12,14,22H,4-5,8,11H2,1-3H3. The predicted octanol–water partition coefficient (Wildman–Crippen LogP) is 3.01. The van der Waals surface area contributed by atoms with Crippen molar-refractivity contribution in [1.29, 1.82) is 0 Å². The second-order valence-electron chi connectivity index (χ2n) is 6.54. The summed E-state index contributed by atoms with van der Waals surface area (Å²) in [4.78, 5) is 8.97. The van der Waals surface area contributed by atoms with Crippen molar-refractivity contribution in [2.24, 2.45) is 0 Å². The van der Waals surface area contributed by atoms with Gasteiger partial charge in [-0.25, -0.2) is 4.98 Å².